The van der Waals surface area contributed by atoms with Crippen molar-refractivity contribution < 1.29 is 0 Å². The zero-order chi connectivity index (χ0) is 14.4. The van der Waals surface area contributed by atoms with Gasteiger partial charge >= 0.3 is 0 Å². The maximum Gasteiger partial charge on any atom is 0.0326 e. The van der Waals surface area contributed by atoms with Crippen molar-refractivity contribution in [2.75, 3.05) is 6.54 Å². The normalized spacial score (nSPS) is 17.7. The van der Waals surface area contributed by atoms with E-state index >= 15 is 0 Å². The molecule has 0 bridgehead atoms. The summed E-state index contributed by atoms with van der Waals surface area (Å²) in [5.41, 5.74) is 4.51. The van der Waals surface area contributed by atoms with Gasteiger partial charge in [0.2, 0.25) is 0 Å². The topological polar surface area (TPSA) is 12.0 Å². The van der Waals surface area contributed by atoms with E-state index in [9.17, 15) is 0 Å². The van der Waals surface area contributed by atoms with E-state index in [1.54, 1.807) is 11.1 Å². The number of rotatable bonds is 8. The second-order valence-electron chi connectivity index (χ2n) is 6.84. The van der Waals surface area contributed by atoms with Crippen LogP contribution in [0.4, 0.5) is 0 Å². The lowest BCUT2D eigenvalue weighted by Gasteiger charge is -2.14. The molecule has 1 N–H and O–H groups in total. The van der Waals surface area contributed by atoms with Crippen molar-refractivity contribution in [3.8, 4) is 0 Å². The van der Waals surface area contributed by atoms with Gasteiger partial charge in [-0.05, 0) is 49.8 Å². The van der Waals surface area contributed by atoms with Crippen LogP contribution in [0, 0.1) is 12.8 Å². The van der Waals surface area contributed by atoms with Crippen LogP contribution in [0.5, 0.6) is 0 Å². The molecule has 1 aliphatic rings. The molecule has 0 fully saturated rings. The van der Waals surface area contributed by atoms with E-state index in [0.717, 1.165) is 5.92 Å². The Morgan fingerprint density at radius 3 is 2.75 bits per heavy atom. The number of nitrogens with one attached hydrogen (secondary N) is 1. The number of unbranched alkanes of at least 4 members (excludes halogenated alkanes) is 3. The summed E-state index contributed by atoms with van der Waals surface area (Å²) in [7, 11) is 0. The van der Waals surface area contributed by atoms with E-state index in [2.05, 4.69) is 44.3 Å². The third-order valence-corrected chi connectivity index (χ3v) is 4.48. The van der Waals surface area contributed by atoms with Crippen LogP contribution in [0.3, 0.4) is 0 Å². The second kappa shape index (κ2) is 7.83. The van der Waals surface area contributed by atoms with E-state index in [0.29, 0.717) is 6.04 Å². The van der Waals surface area contributed by atoms with E-state index in [4.69, 9.17) is 0 Å². The Morgan fingerprint density at radius 1 is 1.15 bits per heavy atom. The first-order valence-corrected chi connectivity index (χ1v) is 8.49. The minimum Gasteiger partial charge on any atom is -0.310 e. The molecule has 1 aliphatic carbocycles. The summed E-state index contributed by atoms with van der Waals surface area (Å²) in [6.45, 7) is 8.02. The first-order valence-electron chi connectivity index (χ1n) is 8.49. The lowest BCUT2D eigenvalue weighted by Crippen LogP contribution is -2.20. The Hall–Kier alpha value is -0.820. The molecule has 20 heavy (non-hydrogen) atoms. The molecule has 1 aromatic carbocycles. The van der Waals surface area contributed by atoms with Gasteiger partial charge < -0.3 is 5.32 Å². The minimum absolute atomic E-state index is 0.612. The van der Waals surface area contributed by atoms with Crippen LogP contribution in [0.1, 0.15) is 75.1 Å². The Labute approximate surface area is 125 Å². The monoisotopic (exact) mass is 273 g/mol. The van der Waals surface area contributed by atoms with Gasteiger partial charge in [-0.2, -0.15) is 0 Å². The fourth-order valence-electron chi connectivity index (χ4n) is 3.24. The van der Waals surface area contributed by atoms with E-state index in [-0.39, 0.29) is 0 Å². The Morgan fingerprint density at radius 2 is 1.95 bits per heavy atom. The van der Waals surface area contributed by atoms with Gasteiger partial charge in [-0.25, -0.2) is 0 Å². The molecule has 1 aromatic rings. The van der Waals surface area contributed by atoms with Crippen LogP contribution in [-0.2, 0) is 6.42 Å². The van der Waals surface area contributed by atoms with Gasteiger partial charge in [0.1, 0.15) is 0 Å². The van der Waals surface area contributed by atoms with Gasteiger partial charge in [-0.1, -0.05) is 63.3 Å². The van der Waals surface area contributed by atoms with Gasteiger partial charge in [0, 0.05) is 6.04 Å². The lowest BCUT2D eigenvalue weighted by molar-refractivity contribution is 0.485. The van der Waals surface area contributed by atoms with Crippen LogP contribution in [0.15, 0.2) is 18.2 Å². The van der Waals surface area contributed by atoms with Crippen LogP contribution in [0.25, 0.3) is 0 Å². The molecule has 0 saturated heterocycles. The molecule has 0 spiro atoms. The summed E-state index contributed by atoms with van der Waals surface area (Å²) in [6, 6.07) is 7.55. The predicted octanol–water partition coefficient (Wildman–Crippen LogP) is 5.18. The van der Waals surface area contributed by atoms with Crippen LogP contribution in [-0.4, -0.2) is 6.54 Å². The molecule has 1 unspecified atom stereocenters. The Balaban J connectivity index is 1.63. The third-order valence-electron chi connectivity index (χ3n) is 4.48. The molecule has 0 saturated carbocycles. The van der Waals surface area contributed by atoms with E-state index in [1.807, 2.05) is 0 Å². The number of hydrogen-bond donors (Lipinski definition) is 1. The fourth-order valence-corrected chi connectivity index (χ4v) is 3.24. The van der Waals surface area contributed by atoms with Crippen molar-refractivity contribution in [3.63, 3.8) is 0 Å². The number of fused-ring (bicyclic) bond motifs is 1. The predicted molar refractivity (Wildman–Crippen MR) is 88.2 cm³/mol. The first kappa shape index (κ1) is 15.6. The molecule has 0 amide bonds. The Bertz CT molecular complexity index is 408. The lowest BCUT2D eigenvalue weighted by atomic mass is 10.0. The highest BCUT2D eigenvalue weighted by Gasteiger charge is 2.21. The average molecular weight is 273 g/mol. The van der Waals surface area contributed by atoms with Gasteiger partial charge in [-0.3, -0.25) is 0 Å². The highest BCUT2D eigenvalue weighted by molar-refractivity contribution is 5.37. The molecule has 0 heterocycles. The summed E-state index contributed by atoms with van der Waals surface area (Å²) in [5.74, 6) is 0.867. The largest absolute Gasteiger partial charge is 0.310 e. The van der Waals surface area contributed by atoms with Gasteiger partial charge in [-0.15, -0.1) is 0 Å². The van der Waals surface area contributed by atoms with Crippen LogP contribution in [0.2, 0.25) is 0 Å². The summed E-state index contributed by atoms with van der Waals surface area (Å²) >= 11 is 0. The molecular weight excluding hydrogens is 242 g/mol. The molecule has 1 nitrogen and oxygen atoms in total. The van der Waals surface area contributed by atoms with E-state index < -0.39 is 0 Å². The smallest absolute Gasteiger partial charge is 0.0326 e. The number of aryl methyl sites for hydroxylation is 2. The zero-order valence-electron chi connectivity index (χ0n) is 13.5. The quantitative estimate of drug-likeness (QED) is 0.644. The second-order valence-corrected chi connectivity index (χ2v) is 6.84. The minimum atomic E-state index is 0.612. The molecule has 0 aliphatic heterocycles. The van der Waals surface area contributed by atoms with Gasteiger partial charge in [0.25, 0.3) is 0 Å². The molecule has 2 rings (SSSR count). The van der Waals surface area contributed by atoms with Crippen molar-refractivity contribution in [2.45, 2.75) is 71.8 Å². The number of benzene rings is 1. The first-order chi connectivity index (χ1) is 9.66. The standard InChI is InChI=1S/C19H31N/c1-15(2)8-6-4-5-7-13-20-19-12-11-17-10-9-16(3)14-18(17)19/h9-10,14-15,19-20H,4-8,11-13H2,1-3H3. The van der Waals surface area contributed by atoms with Crippen molar-refractivity contribution in [1.29, 1.82) is 0 Å². The summed E-state index contributed by atoms with van der Waals surface area (Å²) in [6.07, 6.45) is 9.45. The Kier molecular flexibility index (Phi) is 6.09. The highest BCUT2D eigenvalue weighted by Crippen LogP contribution is 2.31. The van der Waals surface area contributed by atoms with Crippen molar-refractivity contribution >= 4 is 0 Å². The van der Waals surface area contributed by atoms with Crippen molar-refractivity contribution in [1.82, 2.24) is 5.32 Å². The van der Waals surface area contributed by atoms with Crippen molar-refractivity contribution in [3.05, 3.63) is 34.9 Å². The average Bonchev–Trinajstić information content (AvgIpc) is 2.80. The maximum absolute atomic E-state index is 3.76. The highest BCUT2D eigenvalue weighted by atomic mass is 14.9. The molecule has 1 heteroatoms. The molecule has 0 radical (unpaired) electrons. The fraction of sp³-hybridized carbons (Fsp3) is 0.684. The summed E-state index contributed by atoms with van der Waals surface area (Å²) in [5, 5.41) is 3.76. The number of hydrogen-bond acceptors (Lipinski definition) is 1. The van der Waals surface area contributed by atoms with E-state index in [1.165, 1.54) is 57.1 Å². The molecule has 1 atom stereocenters. The molecule has 0 aromatic heterocycles. The van der Waals surface area contributed by atoms with Crippen molar-refractivity contribution in [2.24, 2.45) is 5.92 Å². The van der Waals surface area contributed by atoms with Gasteiger partial charge in [0.05, 0.1) is 0 Å². The third kappa shape index (κ3) is 4.63. The zero-order valence-corrected chi connectivity index (χ0v) is 13.5. The SMILES string of the molecule is Cc1ccc2c(c1)C(NCCCCCCC(C)C)CC2. The molecular formula is C19H31N. The summed E-state index contributed by atoms with van der Waals surface area (Å²) in [4.78, 5) is 0. The summed E-state index contributed by atoms with van der Waals surface area (Å²) < 4.78 is 0. The van der Waals surface area contributed by atoms with Crippen LogP contribution >= 0.6 is 0 Å². The maximum atomic E-state index is 3.76. The molecule has 112 valence electrons. The van der Waals surface area contributed by atoms with Crippen LogP contribution < -0.4 is 5.32 Å². The van der Waals surface area contributed by atoms with Gasteiger partial charge in [0.15, 0.2) is 0 Å².